The Morgan fingerprint density at radius 2 is 1.79 bits per heavy atom. The summed E-state index contributed by atoms with van der Waals surface area (Å²) in [6.07, 6.45) is 0.582. The van der Waals surface area contributed by atoms with Crippen LogP contribution in [0.5, 0.6) is 0 Å². The van der Waals surface area contributed by atoms with Gasteiger partial charge in [-0.05, 0) is 36.8 Å². The average Bonchev–Trinajstić information content (AvgIpc) is 2.82. The van der Waals surface area contributed by atoms with Crippen LogP contribution in [0.1, 0.15) is 17.2 Å². The van der Waals surface area contributed by atoms with Gasteiger partial charge in [0.1, 0.15) is 5.82 Å². The van der Waals surface area contributed by atoms with Crippen molar-refractivity contribution in [3.8, 4) is 0 Å². The normalized spacial score (nSPS) is 19.8. The molecule has 1 aliphatic heterocycles. The van der Waals surface area contributed by atoms with E-state index in [9.17, 15) is 12.8 Å². The summed E-state index contributed by atoms with van der Waals surface area (Å²) in [5.74, 6) is 0.398. The topological polar surface area (TPSA) is 37.4 Å². The lowest BCUT2D eigenvalue weighted by molar-refractivity contribution is 0.427. The van der Waals surface area contributed by atoms with E-state index in [-0.39, 0.29) is 16.0 Å². The van der Waals surface area contributed by atoms with Gasteiger partial charge in [0.25, 0.3) is 0 Å². The van der Waals surface area contributed by atoms with Crippen LogP contribution < -0.4 is 0 Å². The second-order valence-corrected chi connectivity index (χ2v) is 9.21. The molecule has 0 amide bonds. The van der Waals surface area contributed by atoms with Crippen LogP contribution in [0.3, 0.4) is 0 Å². The Balaban J connectivity index is 1.78. The molecule has 1 atom stereocenters. The Morgan fingerprint density at radius 3 is 2.50 bits per heavy atom. The van der Waals surface area contributed by atoms with Gasteiger partial charge < -0.3 is 0 Å². The summed E-state index contributed by atoms with van der Waals surface area (Å²) >= 11 is 7.43. The van der Waals surface area contributed by atoms with E-state index in [0.717, 1.165) is 0 Å². The average molecular weight is 386 g/mol. The molecular formula is C17H17ClFNO2S2. The van der Waals surface area contributed by atoms with Gasteiger partial charge in [-0.3, -0.25) is 0 Å². The Labute approximate surface area is 150 Å². The highest BCUT2D eigenvalue weighted by atomic mass is 35.5. The highest BCUT2D eigenvalue weighted by Crippen LogP contribution is 2.36. The first kappa shape index (κ1) is 17.7. The van der Waals surface area contributed by atoms with Gasteiger partial charge in [0.2, 0.25) is 10.0 Å². The maximum atomic E-state index is 14.0. The van der Waals surface area contributed by atoms with Crippen LogP contribution >= 0.6 is 23.4 Å². The van der Waals surface area contributed by atoms with E-state index in [4.69, 9.17) is 11.6 Å². The molecule has 0 N–H and O–H groups in total. The van der Waals surface area contributed by atoms with Crippen LogP contribution in [0.25, 0.3) is 0 Å². The van der Waals surface area contributed by atoms with Crippen LogP contribution in [0, 0.1) is 5.82 Å². The minimum atomic E-state index is -3.55. The second-order valence-electron chi connectivity index (χ2n) is 5.53. The van der Waals surface area contributed by atoms with E-state index in [1.807, 2.05) is 6.07 Å². The maximum Gasteiger partial charge on any atom is 0.243 e. The fourth-order valence-electron chi connectivity index (χ4n) is 2.73. The predicted molar refractivity (Wildman–Crippen MR) is 96.4 cm³/mol. The molecule has 0 saturated carbocycles. The lowest BCUT2D eigenvalue weighted by Crippen LogP contribution is -2.33. The number of halogens is 2. The Morgan fingerprint density at radius 1 is 1.08 bits per heavy atom. The molecule has 128 valence electrons. The number of thioether (sulfide) groups is 1. The zero-order chi connectivity index (χ0) is 17.2. The molecule has 0 spiro atoms. The van der Waals surface area contributed by atoms with E-state index < -0.39 is 10.0 Å². The number of benzene rings is 2. The number of hydrogen-bond acceptors (Lipinski definition) is 3. The first-order valence-electron chi connectivity index (χ1n) is 7.60. The van der Waals surface area contributed by atoms with Crippen molar-refractivity contribution < 1.29 is 12.8 Å². The van der Waals surface area contributed by atoms with Crippen LogP contribution in [-0.4, -0.2) is 31.6 Å². The third-order valence-electron chi connectivity index (χ3n) is 4.00. The highest BCUT2D eigenvalue weighted by molar-refractivity contribution is 7.99. The molecule has 7 heteroatoms. The summed E-state index contributed by atoms with van der Waals surface area (Å²) in [5, 5.41) is 0.469. The summed E-state index contributed by atoms with van der Waals surface area (Å²) in [6.45, 7) is 0.789. The smallest absolute Gasteiger partial charge is 0.207 e. The highest BCUT2D eigenvalue weighted by Gasteiger charge is 2.29. The molecule has 1 aliphatic rings. The lowest BCUT2D eigenvalue weighted by atomic mass is 10.1. The van der Waals surface area contributed by atoms with Gasteiger partial charge in [0.15, 0.2) is 0 Å². The van der Waals surface area contributed by atoms with Crippen LogP contribution in [0.15, 0.2) is 53.4 Å². The molecule has 1 heterocycles. The number of hydrogen-bond donors (Lipinski definition) is 0. The maximum absolute atomic E-state index is 14.0. The van der Waals surface area contributed by atoms with Gasteiger partial charge in [0, 0.05) is 34.7 Å². The van der Waals surface area contributed by atoms with Crippen molar-refractivity contribution in [1.29, 1.82) is 0 Å². The molecule has 0 radical (unpaired) electrons. The second kappa shape index (κ2) is 7.44. The fourth-order valence-corrected chi connectivity index (χ4v) is 5.68. The third-order valence-corrected chi connectivity index (χ3v) is 7.48. The molecule has 1 fully saturated rings. The summed E-state index contributed by atoms with van der Waals surface area (Å²) in [6, 6.07) is 12.9. The molecule has 3 nitrogen and oxygen atoms in total. The summed E-state index contributed by atoms with van der Waals surface area (Å²) < 4.78 is 41.0. The minimum Gasteiger partial charge on any atom is -0.207 e. The Hall–Kier alpha value is -1.08. The summed E-state index contributed by atoms with van der Waals surface area (Å²) in [7, 11) is -3.55. The number of rotatable bonds is 3. The van der Waals surface area contributed by atoms with E-state index in [2.05, 4.69) is 0 Å². The Kier molecular flexibility index (Phi) is 5.49. The SMILES string of the molecule is O=S(=O)(c1ccc(Cl)cc1)N1CCSC(c2ccccc2F)CC1. The standard InChI is InChI=1S/C17H17ClFNO2S2/c18-13-5-7-14(8-6-13)24(21,22)20-10-9-17(23-12-11-20)15-3-1-2-4-16(15)19/h1-8,17H,9-12H2. The molecule has 2 aromatic rings. The van der Waals surface area contributed by atoms with Gasteiger partial charge in [-0.25, -0.2) is 12.8 Å². The zero-order valence-electron chi connectivity index (χ0n) is 12.9. The zero-order valence-corrected chi connectivity index (χ0v) is 15.2. The molecule has 3 rings (SSSR count). The van der Waals surface area contributed by atoms with Crippen LogP contribution in [-0.2, 0) is 10.0 Å². The van der Waals surface area contributed by atoms with Crippen molar-refractivity contribution in [3.05, 3.63) is 64.9 Å². The van der Waals surface area contributed by atoms with Crippen molar-refractivity contribution in [2.24, 2.45) is 0 Å². The first-order valence-corrected chi connectivity index (χ1v) is 10.5. The fraction of sp³-hybridized carbons (Fsp3) is 0.294. The molecule has 0 bridgehead atoms. The molecule has 0 aliphatic carbocycles. The van der Waals surface area contributed by atoms with Gasteiger partial charge >= 0.3 is 0 Å². The Bertz CT molecular complexity index is 812. The number of nitrogens with zero attached hydrogens (tertiary/aromatic N) is 1. The van der Waals surface area contributed by atoms with Crippen molar-refractivity contribution in [2.75, 3.05) is 18.8 Å². The van der Waals surface area contributed by atoms with Gasteiger partial charge in [-0.2, -0.15) is 16.1 Å². The van der Waals surface area contributed by atoms with Crippen LogP contribution in [0.2, 0.25) is 5.02 Å². The van der Waals surface area contributed by atoms with E-state index in [1.54, 1.807) is 36.0 Å². The van der Waals surface area contributed by atoms with Gasteiger partial charge in [-0.1, -0.05) is 29.8 Å². The largest absolute Gasteiger partial charge is 0.243 e. The molecular weight excluding hydrogens is 369 g/mol. The minimum absolute atomic E-state index is 0.0309. The van der Waals surface area contributed by atoms with Crippen molar-refractivity contribution >= 4 is 33.4 Å². The number of sulfonamides is 1. The molecule has 1 unspecified atom stereocenters. The third kappa shape index (κ3) is 3.77. The van der Waals surface area contributed by atoms with Crippen LogP contribution in [0.4, 0.5) is 4.39 Å². The molecule has 24 heavy (non-hydrogen) atoms. The van der Waals surface area contributed by atoms with E-state index in [1.165, 1.54) is 22.5 Å². The van der Waals surface area contributed by atoms with Crippen molar-refractivity contribution in [1.82, 2.24) is 4.31 Å². The molecule has 0 aromatic heterocycles. The van der Waals surface area contributed by atoms with Gasteiger partial charge in [-0.15, -0.1) is 0 Å². The van der Waals surface area contributed by atoms with E-state index >= 15 is 0 Å². The first-order chi connectivity index (χ1) is 11.5. The van der Waals surface area contributed by atoms with Crippen molar-refractivity contribution in [2.45, 2.75) is 16.6 Å². The molecule has 2 aromatic carbocycles. The summed E-state index contributed by atoms with van der Waals surface area (Å²) in [5.41, 5.74) is 0.647. The lowest BCUT2D eigenvalue weighted by Gasteiger charge is -2.20. The van der Waals surface area contributed by atoms with Gasteiger partial charge in [0.05, 0.1) is 4.90 Å². The predicted octanol–water partition coefficient (Wildman–Crippen LogP) is 4.35. The van der Waals surface area contributed by atoms with E-state index in [0.29, 0.717) is 35.8 Å². The monoisotopic (exact) mass is 385 g/mol. The van der Waals surface area contributed by atoms with Crippen molar-refractivity contribution in [3.63, 3.8) is 0 Å². The molecule has 1 saturated heterocycles. The summed E-state index contributed by atoms with van der Waals surface area (Å²) in [4.78, 5) is 0.237. The quantitative estimate of drug-likeness (QED) is 0.788.